The molecule has 4 nitrogen and oxygen atoms in total. The average molecular weight is 394 g/mol. The summed E-state index contributed by atoms with van der Waals surface area (Å²) in [7, 11) is 0. The lowest BCUT2D eigenvalue weighted by Gasteiger charge is -2.11. The lowest BCUT2D eigenvalue weighted by Crippen LogP contribution is -2.25. The summed E-state index contributed by atoms with van der Waals surface area (Å²) < 4.78 is 64.2. The van der Waals surface area contributed by atoms with Crippen molar-refractivity contribution in [3.8, 4) is 28.5 Å². The standard InChI is InChI=1S/C14H8BrF4NO3/c15-6-8-2-4-10(21-13(16)17)12(20-8)7-1-3-9-11(5-7)23-14(18,19)22-9/h1-5,13H,6H2. The van der Waals surface area contributed by atoms with Crippen LogP contribution in [0, 0.1) is 0 Å². The average Bonchev–Trinajstić information content (AvgIpc) is 2.79. The molecule has 0 spiro atoms. The second-order valence-corrected chi connectivity index (χ2v) is 5.05. The summed E-state index contributed by atoms with van der Waals surface area (Å²) in [5, 5.41) is 0.386. The SMILES string of the molecule is FC(F)Oc1ccc(CBr)nc1-c1ccc2c(c1)OC(F)(F)O2. The van der Waals surface area contributed by atoms with Gasteiger partial charge in [0.2, 0.25) is 0 Å². The highest BCUT2D eigenvalue weighted by molar-refractivity contribution is 9.08. The maximum absolute atomic E-state index is 13.1. The van der Waals surface area contributed by atoms with Gasteiger partial charge in [0.05, 0.1) is 5.69 Å². The molecule has 0 unspecified atom stereocenters. The molecule has 2 aromatic rings. The van der Waals surface area contributed by atoms with Crippen LogP contribution in [0.4, 0.5) is 17.6 Å². The zero-order valence-electron chi connectivity index (χ0n) is 11.2. The van der Waals surface area contributed by atoms with Gasteiger partial charge in [-0.15, -0.1) is 8.78 Å². The molecule has 0 radical (unpaired) electrons. The van der Waals surface area contributed by atoms with Crippen LogP contribution in [0.3, 0.4) is 0 Å². The van der Waals surface area contributed by atoms with E-state index < -0.39 is 12.9 Å². The van der Waals surface area contributed by atoms with E-state index in [0.29, 0.717) is 11.0 Å². The van der Waals surface area contributed by atoms with Crippen LogP contribution in [0.15, 0.2) is 30.3 Å². The Bertz CT molecular complexity index is 742. The number of nitrogens with zero attached hydrogens (tertiary/aromatic N) is 1. The first kappa shape index (κ1) is 15.9. The second-order valence-electron chi connectivity index (χ2n) is 4.49. The molecule has 122 valence electrons. The van der Waals surface area contributed by atoms with Crippen molar-refractivity contribution in [2.75, 3.05) is 0 Å². The van der Waals surface area contributed by atoms with E-state index in [-0.39, 0.29) is 28.5 Å². The highest BCUT2D eigenvalue weighted by Crippen LogP contribution is 2.43. The van der Waals surface area contributed by atoms with Crippen LogP contribution in [-0.4, -0.2) is 17.9 Å². The summed E-state index contributed by atoms with van der Waals surface area (Å²) in [6.07, 6.45) is -3.76. The number of aromatic nitrogens is 1. The molecule has 0 aliphatic carbocycles. The highest BCUT2D eigenvalue weighted by Gasteiger charge is 2.43. The largest absolute Gasteiger partial charge is 0.586 e. The number of ether oxygens (including phenoxy) is 3. The smallest absolute Gasteiger partial charge is 0.432 e. The number of benzene rings is 1. The predicted molar refractivity (Wildman–Crippen MR) is 75.1 cm³/mol. The summed E-state index contributed by atoms with van der Waals surface area (Å²) >= 11 is 3.21. The minimum atomic E-state index is -3.76. The van der Waals surface area contributed by atoms with Gasteiger partial charge in [0, 0.05) is 10.9 Å². The van der Waals surface area contributed by atoms with Crippen LogP contribution in [0.5, 0.6) is 17.2 Å². The molecule has 23 heavy (non-hydrogen) atoms. The van der Waals surface area contributed by atoms with E-state index in [2.05, 4.69) is 35.1 Å². The van der Waals surface area contributed by atoms with Crippen molar-refractivity contribution in [2.45, 2.75) is 18.2 Å². The number of halogens is 5. The third kappa shape index (κ3) is 3.34. The van der Waals surface area contributed by atoms with Gasteiger partial charge in [0.25, 0.3) is 0 Å². The van der Waals surface area contributed by atoms with E-state index in [9.17, 15) is 17.6 Å². The maximum Gasteiger partial charge on any atom is 0.586 e. The molecule has 0 atom stereocenters. The molecule has 3 rings (SSSR count). The first-order valence-electron chi connectivity index (χ1n) is 6.29. The number of alkyl halides is 5. The van der Waals surface area contributed by atoms with E-state index in [1.807, 2.05) is 0 Å². The van der Waals surface area contributed by atoms with Crippen molar-refractivity contribution in [3.63, 3.8) is 0 Å². The summed E-state index contributed by atoms with van der Waals surface area (Å²) in [5.74, 6) is -0.524. The van der Waals surface area contributed by atoms with Gasteiger partial charge in [0.1, 0.15) is 5.69 Å². The monoisotopic (exact) mass is 393 g/mol. The van der Waals surface area contributed by atoms with Gasteiger partial charge in [-0.05, 0) is 30.3 Å². The topological polar surface area (TPSA) is 40.6 Å². The van der Waals surface area contributed by atoms with Crippen LogP contribution in [0.2, 0.25) is 0 Å². The number of hydrogen-bond acceptors (Lipinski definition) is 4. The summed E-state index contributed by atoms with van der Waals surface area (Å²) in [4.78, 5) is 4.19. The third-order valence-electron chi connectivity index (χ3n) is 2.94. The molecule has 0 amide bonds. The molecule has 1 aromatic heterocycles. The molecular formula is C14H8BrF4NO3. The Balaban J connectivity index is 2.04. The molecule has 0 saturated carbocycles. The zero-order chi connectivity index (χ0) is 16.6. The highest BCUT2D eigenvalue weighted by atomic mass is 79.9. The molecule has 0 N–H and O–H groups in total. The van der Waals surface area contributed by atoms with E-state index in [1.165, 1.54) is 30.3 Å². The Morgan fingerprint density at radius 3 is 2.57 bits per heavy atom. The van der Waals surface area contributed by atoms with Gasteiger partial charge in [-0.3, -0.25) is 0 Å². The van der Waals surface area contributed by atoms with Gasteiger partial charge >= 0.3 is 12.9 Å². The Morgan fingerprint density at radius 2 is 1.87 bits per heavy atom. The minimum Gasteiger partial charge on any atom is -0.432 e. The van der Waals surface area contributed by atoms with E-state index in [1.54, 1.807) is 0 Å². The first-order valence-corrected chi connectivity index (χ1v) is 7.41. The molecule has 0 saturated heterocycles. The molecule has 0 fully saturated rings. The Morgan fingerprint density at radius 1 is 1.13 bits per heavy atom. The predicted octanol–water partition coefficient (Wildman–Crippen LogP) is 4.57. The van der Waals surface area contributed by atoms with Crippen LogP contribution in [0.25, 0.3) is 11.3 Å². The molecular weight excluding hydrogens is 386 g/mol. The summed E-state index contributed by atoms with van der Waals surface area (Å²) in [6.45, 7) is -3.04. The van der Waals surface area contributed by atoms with Gasteiger partial charge in [-0.2, -0.15) is 8.78 Å². The normalized spacial score (nSPS) is 15.0. The number of rotatable bonds is 4. The van der Waals surface area contributed by atoms with Crippen LogP contribution in [-0.2, 0) is 5.33 Å². The number of hydrogen-bond donors (Lipinski definition) is 0. The van der Waals surface area contributed by atoms with Gasteiger partial charge in [-0.1, -0.05) is 15.9 Å². The molecule has 1 aromatic carbocycles. The lowest BCUT2D eigenvalue weighted by atomic mass is 10.1. The number of fused-ring (bicyclic) bond motifs is 1. The minimum absolute atomic E-state index is 0.0869. The van der Waals surface area contributed by atoms with Crippen molar-refractivity contribution in [1.29, 1.82) is 0 Å². The van der Waals surface area contributed by atoms with Crippen molar-refractivity contribution in [2.24, 2.45) is 0 Å². The molecule has 9 heteroatoms. The quantitative estimate of drug-likeness (QED) is 0.563. The van der Waals surface area contributed by atoms with Gasteiger partial charge in [-0.25, -0.2) is 4.98 Å². The van der Waals surface area contributed by atoms with Crippen molar-refractivity contribution < 1.29 is 31.8 Å². The lowest BCUT2D eigenvalue weighted by molar-refractivity contribution is -0.286. The first-order chi connectivity index (χ1) is 10.9. The molecule has 1 aliphatic heterocycles. The van der Waals surface area contributed by atoms with Crippen LogP contribution in [0.1, 0.15) is 5.69 Å². The summed E-state index contributed by atoms with van der Waals surface area (Å²) in [5.41, 5.74) is 0.928. The fraction of sp³-hybridized carbons (Fsp3) is 0.214. The van der Waals surface area contributed by atoms with Gasteiger partial charge < -0.3 is 14.2 Å². The Kier molecular flexibility index (Phi) is 4.05. The van der Waals surface area contributed by atoms with E-state index >= 15 is 0 Å². The van der Waals surface area contributed by atoms with Crippen molar-refractivity contribution in [3.05, 3.63) is 36.0 Å². The molecule has 1 aliphatic rings. The fourth-order valence-electron chi connectivity index (χ4n) is 2.06. The molecule has 2 heterocycles. The second kappa shape index (κ2) is 5.88. The Hall–Kier alpha value is -2.03. The van der Waals surface area contributed by atoms with Crippen molar-refractivity contribution in [1.82, 2.24) is 4.98 Å². The number of pyridine rings is 1. The van der Waals surface area contributed by atoms with Crippen LogP contribution >= 0.6 is 15.9 Å². The van der Waals surface area contributed by atoms with E-state index in [4.69, 9.17) is 0 Å². The summed E-state index contributed by atoms with van der Waals surface area (Å²) in [6, 6.07) is 6.73. The zero-order valence-corrected chi connectivity index (χ0v) is 12.8. The van der Waals surface area contributed by atoms with Crippen molar-refractivity contribution >= 4 is 15.9 Å². The fourth-order valence-corrected chi connectivity index (χ4v) is 2.37. The third-order valence-corrected chi connectivity index (χ3v) is 3.52. The Labute approximate surface area is 136 Å². The molecule has 0 bridgehead atoms. The van der Waals surface area contributed by atoms with E-state index in [0.717, 1.165) is 0 Å². The van der Waals surface area contributed by atoms with Gasteiger partial charge in [0.15, 0.2) is 17.2 Å². The van der Waals surface area contributed by atoms with Crippen LogP contribution < -0.4 is 14.2 Å². The maximum atomic E-state index is 13.1.